The number of alkyl halides is 6. The van der Waals surface area contributed by atoms with E-state index in [2.05, 4.69) is 5.32 Å². The van der Waals surface area contributed by atoms with Gasteiger partial charge in [0.05, 0.1) is 18.6 Å². The third-order valence-corrected chi connectivity index (χ3v) is 5.42. The monoisotopic (exact) mass is 449 g/mol. The summed E-state index contributed by atoms with van der Waals surface area (Å²) in [6.07, 6.45) is -10.1. The van der Waals surface area contributed by atoms with Crippen molar-refractivity contribution >= 4 is 16.7 Å². The van der Waals surface area contributed by atoms with Crippen LogP contribution >= 0.6 is 0 Å². The second kappa shape index (κ2) is 8.94. The maximum atomic E-state index is 13.9. The summed E-state index contributed by atoms with van der Waals surface area (Å²) in [5.41, 5.74) is -0.496. The molecule has 0 aliphatic heterocycles. The van der Waals surface area contributed by atoms with E-state index in [1.165, 1.54) is 24.3 Å². The van der Waals surface area contributed by atoms with Crippen LogP contribution in [0.3, 0.4) is 0 Å². The predicted octanol–water partition coefficient (Wildman–Crippen LogP) is 5.53. The zero-order valence-electron chi connectivity index (χ0n) is 16.3. The Balaban J connectivity index is 1.88. The smallest absolute Gasteiger partial charge is 0.420 e. The molecule has 0 amide bonds. The number of halogens is 6. The van der Waals surface area contributed by atoms with Crippen LogP contribution in [0.1, 0.15) is 36.8 Å². The van der Waals surface area contributed by atoms with E-state index in [0.29, 0.717) is 10.9 Å². The van der Waals surface area contributed by atoms with E-state index in [4.69, 9.17) is 9.84 Å². The molecule has 2 aromatic carbocycles. The molecule has 170 valence electrons. The van der Waals surface area contributed by atoms with Gasteiger partial charge in [-0.25, -0.2) is 0 Å². The highest BCUT2D eigenvalue weighted by Crippen LogP contribution is 2.44. The molecule has 1 saturated carbocycles. The fourth-order valence-corrected chi connectivity index (χ4v) is 3.94. The van der Waals surface area contributed by atoms with Crippen LogP contribution in [0.4, 0.5) is 26.3 Å². The normalized spacial score (nSPS) is 20.1. The van der Waals surface area contributed by atoms with Gasteiger partial charge in [0.1, 0.15) is 11.3 Å². The number of carbonyl (C=O) groups is 1. The van der Waals surface area contributed by atoms with Gasteiger partial charge < -0.3 is 15.2 Å². The topological polar surface area (TPSA) is 58.6 Å². The van der Waals surface area contributed by atoms with Crippen molar-refractivity contribution in [3.8, 4) is 5.75 Å². The van der Waals surface area contributed by atoms with Crippen LogP contribution in [0.15, 0.2) is 30.3 Å². The summed E-state index contributed by atoms with van der Waals surface area (Å²) in [7, 11) is 0. The van der Waals surface area contributed by atoms with Gasteiger partial charge in [0, 0.05) is 6.54 Å². The maximum absolute atomic E-state index is 13.9. The summed E-state index contributed by atoms with van der Waals surface area (Å²) >= 11 is 0. The zero-order valence-corrected chi connectivity index (χ0v) is 16.3. The number of benzene rings is 2. The van der Waals surface area contributed by atoms with Crippen molar-refractivity contribution in [1.29, 1.82) is 0 Å². The summed E-state index contributed by atoms with van der Waals surface area (Å²) in [6.45, 7) is -0.285. The molecule has 1 aliphatic carbocycles. The fraction of sp³-hybridized carbons (Fsp3) is 0.476. The highest BCUT2D eigenvalue weighted by Gasteiger charge is 2.42. The molecule has 0 spiro atoms. The highest BCUT2D eigenvalue weighted by atomic mass is 19.4. The Bertz CT molecular complexity index is 933. The molecule has 2 N–H and O–H groups in total. The summed E-state index contributed by atoms with van der Waals surface area (Å²) in [4.78, 5) is 10.7. The van der Waals surface area contributed by atoms with Crippen molar-refractivity contribution in [2.75, 3.05) is 6.54 Å². The SMILES string of the molecule is O=C(O)CNCc1cccc2c(C(F)(F)F)c(OC3CCC(C(F)(F)F)CC3)ccc12. The van der Waals surface area contributed by atoms with Gasteiger partial charge in [-0.05, 0) is 48.1 Å². The summed E-state index contributed by atoms with van der Waals surface area (Å²) < 4.78 is 85.8. The zero-order chi connectivity index (χ0) is 22.8. The molecule has 0 radical (unpaired) electrons. The maximum Gasteiger partial charge on any atom is 0.420 e. The van der Waals surface area contributed by atoms with Gasteiger partial charge in [0.2, 0.25) is 0 Å². The molecule has 31 heavy (non-hydrogen) atoms. The van der Waals surface area contributed by atoms with Crippen LogP contribution in [-0.2, 0) is 17.5 Å². The molecule has 0 saturated heterocycles. The molecule has 3 rings (SSSR count). The fourth-order valence-electron chi connectivity index (χ4n) is 3.94. The number of hydrogen-bond donors (Lipinski definition) is 2. The number of ether oxygens (including phenoxy) is 1. The van der Waals surface area contributed by atoms with Crippen LogP contribution < -0.4 is 10.1 Å². The average Bonchev–Trinajstić information content (AvgIpc) is 2.66. The molecule has 10 heteroatoms. The lowest BCUT2D eigenvalue weighted by atomic mass is 9.87. The van der Waals surface area contributed by atoms with Crippen molar-refractivity contribution in [2.24, 2.45) is 5.92 Å². The van der Waals surface area contributed by atoms with Gasteiger partial charge in [0.15, 0.2) is 0 Å². The highest BCUT2D eigenvalue weighted by molar-refractivity contribution is 5.91. The van der Waals surface area contributed by atoms with Crippen LogP contribution in [0.5, 0.6) is 5.75 Å². The molecule has 1 fully saturated rings. The number of carboxylic acids is 1. The predicted molar refractivity (Wildman–Crippen MR) is 101 cm³/mol. The van der Waals surface area contributed by atoms with Crippen molar-refractivity contribution in [3.05, 3.63) is 41.5 Å². The number of nitrogens with one attached hydrogen (secondary N) is 1. The minimum atomic E-state index is -4.74. The summed E-state index contributed by atoms with van der Waals surface area (Å²) in [5, 5.41) is 11.5. The van der Waals surface area contributed by atoms with E-state index in [9.17, 15) is 31.1 Å². The second-order valence-corrected chi connectivity index (χ2v) is 7.58. The van der Waals surface area contributed by atoms with Crippen molar-refractivity contribution < 1.29 is 41.0 Å². The van der Waals surface area contributed by atoms with Gasteiger partial charge in [0.25, 0.3) is 0 Å². The van der Waals surface area contributed by atoms with Gasteiger partial charge >= 0.3 is 18.3 Å². The van der Waals surface area contributed by atoms with E-state index < -0.39 is 41.7 Å². The Hall–Kier alpha value is -2.49. The third-order valence-electron chi connectivity index (χ3n) is 5.42. The molecule has 4 nitrogen and oxygen atoms in total. The molecule has 0 unspecified atom stereocenters. The minimum Gasteiger partial charge on any atom is -0.490 e. The largest absolute Gasteiger partial charge is 0.490 e. The first kappa shape index (κ1) is 23.2. The van der Waals surface area contributed by atoms with Gasteiger partial charge in [-0.3, -0.25) is 4.79 Å². The molecule has 0 heterocycles. The minimum absolute atomic E-state index is 0.0264. The summed E-state index contributed by atoms with van der Waals surface area (Å²) in [5.74, 6) is -2.95. The first-order chi connectivity index (χ1) is 14.5. The Morgan fingerprint density at radius 2 is 1.68 bits per heavy atom. The first-order valence-electron chi connectivity index (χ1n) is 9.74. The molecule has 0 bridgehead atoms. The number of carboxylic acid groups (broad SMARTS) is 1. The number of rotatable bonds is 6. The van der Waals surface area contributed by atoms with E-state index in [1.54, 1.807) is 6.07 Å². The quantitative estimate of drug-likeness (QED) is 0.570. The van der Waals surface area contributed by atoms with Gasteiger partial charge in [-0.1, -0.05) is 24.3 Å². The Labute approximate surface area is 174 Å². The van der Waals surface area contributed by atoms with E-state index in [-0.39, 0.29) is 44.2 Å². The van der Waals surface area contributed by atoms with Crippen LogP contribution in [0.25, 0.3) is 10.8 Å². The molecular formula is C21H21F6NO3. The average molecular weight is 449 g/mol. The van der Waals surface area contributed by atoms with Crippen LogP contribution in [-0.4, -0.2) is 29.9 Å². The number of fused-ring (bicyclic) bond motifs is 1. The Kier molecular flexibility index (Phi) is 6.68. The van der Waals surface area contributed by atoms with Gasteiger partial charge in [-0.2, -0.15) is 26.3 Å². The first-order valence-corrected chi connectivity index (χ1v) is 9.74. The van der Waals surface area contributed by atoms with Crippen molar-refractivity contribution in [1.82, 2.24) is 5.32 Å². The molecule has 0 atom stereocenters. The molecule has 2 aromatic rings. The number of hydrogen-bond acceptors (Lipinski definition) is 3. The van der Waals surface area contributed by atoms with E-state index in [0.717, 1.165) is 0 Å². The van der Waals surface area contributed by atoms with Crippen LogP contribution in [0.2, 0.25) is 0 Å². The molecule has 1 aliphatic rings. The van der Waals surface area contributed by atoms with Crippen molar-refractivity contribution in [3.63, 3.8) is 0 Å². The van der Waals surface area contributed by atoms with E-state index >= 15 is 0 Å². The van der Waals surface area contributed by atoms with E-state index in [1.807, 2.05) is 0 Å². The Morgan fingerprint density at radius 3 is 2.26 bits per heavy atom. The molecule has 0 aromatic heterocycles. The second-order valence-electron chi connectivity index (χ2n) is 7.58. The lowest BCUT2D eigenvalue weighted by molar-refractivity contribution is -0.185. The molecular weight excluding hydrogens is 428 g/mol. The van der Waals surface area contributed by atoms with Crippen LogP contribution in [0, 0.1) is 5.92 Å². The summed E-state index contributed by atoms with van der Waals surface area (Å²) in [6, 6.07) is 6.97. The lowest BCUT2D eigenvalue weighted by Gasteiger charge is -2.31. The number of aliphatic carboxylic acids is 1. The van der Waals surface area contributed by atoms with Gasteiger partial charge in [-0.15, -0.1) is 0 Å². The lowest BCUT2D eigenvalue weighted by Crippen LogP contribution is -2.32. The Morgan fingerprint density at radius 1 is 1.00 bits per heavy atom. The van der Waals surface area contributed by atoms with Crippen molar-refractivity contribution in [2.45, 2.75) is 50.7 Å². The standard InChI is InChI=1S/C21H21F6NO3/c22-20(23,24)13-4-6-14(7-5-13)31-17-9-8-15-12(10-28-11-18(29)30)2-1-3-16(15)19(17)21(25,26)27/h1-3,8-9,13-14,28H,4-7,10-11H2,(H,29,30). The third kappa shape index (κ3) is 5.61.